The Hall–Kier alpha value is -3.60. The van der Waals surface area contributed by atoms with Gasteiger partial charge in [0.05, 0.1) is 33.1 Å². The summed E-state index contributed by atoms with van der Waals surface area (Å²) < 4.78 is 0. The van der Waals surface area contributed by atoms with Crippen LogP contribution in [-0.2, 0) is 6.42 Å². The Balaban J connectivity index is 1.79. The first kappa shape index (κ1) is 23.2. The molecular formula is C30H33N3O2. The normalized spacial score (nSPS) is 11.7. The van der Waals surface area contributed by atoms with Crippen LogP contribution in [-0.4, -0.2) is 23.1 Å². The summed E-state index contributed by atoms with van der Waals surface area (Å²) in [6.07, 6.45) is 5.18. The van der Waals surface area contributed by atoms with E-state index in [0.717, 1.165) is 78.3 Å². The van der Waals surface area contributed by atoms with Crippen LogP contribution < -0.4 is 15.8 Å². The molecule has 0 aliphatic rings. The van der Waals surface area contributed by atoms with Crippen molar-refractivity contribution in [3.05, 3.63) is 74.5 Å². The second-order valence-electron chi connectivity index (χ2n) is 9.44. The van der Waals surface area contributed by atoms with Crippen molar-refractivity contribution in [1.82, 2.24) is 9.97 Å². The molecule has 5 heteroatoms. The molecule has 0 aliphatic heterocycles. The molecule has 2 N–H and O–H groups in total. The molecule has 0 aliphatic carbocycles. The third kappa shape index (κ3) is 3.99. The molecule has 0 radical (unpaired) electrons. The summed E-state index contributed by atoms with van der Waals surface area (Å²) in [7, 11) is 0. The van der Waals surface area contributed by atoms with Gasteiger partial charge in [-0.15, -0.1) is 0 Å². The molecule has 0 spiro atoms. The molecule has 180 valence electrons. The lowest BCUT2D eigenvalue weighted by Crippen LogP contribution is -2.27. The van der Waals surface area contributed by atoms with Crippen LogP contribution in [0.2, 0.25) is 0 Å². The standard InChI is InChI=1S/C30H33N3O2/c1-4-7-15-33(16-8-5-2)26-14-10-13-23-28(26)30(35)21-18-24-20(17-25(21)32-23)29(34)27-19(6-3)11-9-12-22(27)31-24/h9-14,17-18H,4-8,15-16H2,1-3H3,(H,31,34)(H,32,35). The van der Waals surface area contributed by atoms with Crippen molar-refractivity contribution in [2.45, 2.75) is 52.9 Å². The number of hydrogen-bond acceptors (Lipinski definition) is 3. The Labute approximate surface area is 204 Å². The topological polar surface area (TPSA) is 69.0 Å². The van der Waals surface area contributed by atoms with Crippen LogP contribution in [0.4, 0.5) is 5.69 Å². The summed E-state index contributed by atoms with van der Waals surface area (Å²) in [6, 6.07) is 15.6. The summed E-state index contributed by atoms with van der Waals surface area (Å²) in [5.41, 5.74) is 5.04. The van der Waals surface area contributed by atoms with Crippen molar-refractivity contribution in [2.75, 3.05) is 18.0 Å². The quantitative estimate of drug-likeness (QED) is 0.251. The van der Waals surface area contributed by atoms with Gasteiger partial charge in [0.25, 0.3) is 0 Å². The number of rotatable bonds is 8. The Morgan fingerprint density at radius 1 is 0.686 bits per heavy atom. The third-order valence-electron chi connectivity index (χ3n) is 7.12. The average Bonchev–Trinajstić information content (AvgIpc) is 2.88. The number of nitrogens with one attached hydrogen (secondary N) is 2. The second-order valence-corrected chi connectivity index (χ2v) is 9.44. The maximum Gasteiger partial charge on any atom is 0.199 e. The highest BCUT2D eigenvalue weighted by molar-refractivity contribution is 6.05. The fourth-order valence-electron chi connectivity index (χ4n) is 5.21. The van der Waals surface area contributed by atoms with Gasteiger partial charge in [-0.05, 0) is 55.2 Å². The van der Waals surface area contributed by atoms with Crippen LogP contribution in [0.25, 0.3) is 43.6 Å². The molecule has 2 heterocycles. The van der Waals surface area contributed by atoms with Gasteiger partial charge in [-0.1, -0.05) is 51.8 Å². The first-order valence-corrected chi connectivity index (χ1v) is 12.9. The van der Waals surface area contributed by atoms with Crippen molar-refractivity contribution in [3.63, 3.8) is 0 Å². The van der Waals surface area contributed by atoms with Crippen LogP contribution in [0, 0.1) is 0 Å². The molecule has 35 heavy (non-hydrogen) atoms. The van der Waals surface area contributed by atoms with Gasteiger partial charge in [0, 0.05) is 29.2 Å². The first-order chi connectivity index (χ1) is 17.1. The van der Waals surface area contributed by atoms with Crippen LogP contribution >= 0.6 is 0 Å². The summed E-state index contributed by atoms with van der Waals surface area (Å²) in [4.78, 5) is 36.7. The van der Waals surface area contributed by atoms with E-state index in [1.165, 1.54) is 0 Å². The van der Waals surface area contributed by atoms with E-state index in [2.05, 4.69) is 41.7 Å². The number of anilines is 1. The van der Waals surface area contributed by atoms with E-state index in [1.807, 2.05) is 42.5 Å². The van der Waals surface area contributed by atoms with E-state index in [1.54, 1.807) is 0 Å². The minimum absolute atomic E-state index is 0.00695. The second kappa shape index (κ2) is 9.57. The molecule has 5 nitrogen and oxygen atoms in total. The van der Waals surface area contributed by atoms with Gasteiger partial charge >= 0.3 is 0 Å². The number of pyridine rings is 2. The Morgan fingerprint density at radius 2 is 1.23 bits per heavy atom. The number of aryl methyl sites for hydroxylation is 1. The molecule has 0 bridgehead atoms. The number of aromatic nitrogens is 2. The zero-order valence-corrected chi connectivity index (χ0v) is 20.8. The molecule has 2 aromatic heterocycles. The smallest absolute Gasteiger partial charge is 0.199 e. The number of H-pyrrole nitrogens is 2. The van der Waals surface area contributed by atoms with Gasteiger partial charge in [0.2, 0.25) is 0 Å². The van der Waals surface area contributed by atoms with E-state index in [9.17, 15) is 9.59 Å². The molecule has 3 aromatic carbocycles. The van der Waals surface area contributed by atoms with Crippen molar-refractivity contribution in [1.29, 1.82) is 0 Å². The van der Waals surface area contributed by atoms with E-state index in [4.69, 9.17) is 0 Å². The fraction of sp³-hybridized carbons (Fsp3) is 0.333. The van der Waals surface area contributed by atoms with E-state index < -0.39 is 0 Å². The summed E-state index contributed by atoms with van der Waals surface area (Å²) in [6.45, 7) is 8.32. The minimum Gasteiger partial charge on any atom is -0.371 e. The van der Waals surface area contributed by atoms with Crippen molar-refractivity contribution in [3.8, 4) is 0 Å². The van der Waals surface area contributed by atoms with E-state index >= 15 is 0 Å². The maximum absolute atomic E-state index is 13.9. The van der Waals surface area contributed by atoms with Crippen molar-refractivity contribution < 1.29 is 0 Å². The van der Waals surface area contributed by atoms with Crippen LogP contribution in [0.15, 0.2) is 58.1 Å². The Bertz CT molecular complexity index is 1650. The predicted molar refractivity (Wildman–Crippen MR) is 149 cm³/mol. The minimum atomic E-state index is 0.00695. The number of benzene rings is 3. The van der Waals surface area contributed by atoms with Gasteiger partial charge in [-0.3, -0.25) is 9.59 Å². The highest BCUT2D eigenvalue weighted by atomic mass is 16.1. The lowest BCUT2D eigenvalue weighted by atomic mass is 10.0. The molecule has 0 fully saturated rings. The third-order valence-corrected chi connectivity index (χ3v) is 7.12. The van der Waals surface area contributed by atoms with Gasteiger partial charge in [0.1, 0.15) is 0 Å². The average molecular weight is 468 g/mol. The highest BCUT2D eigenvalue weighted by Gasteiger charge is 2.16. The molecule has 0 unspecified atom stereocenters. The maximum atomic E-state index is 13.9. The Kier molecular flexibility index (Phi) is 6.33. The lowest BCUT2D eigenvalue weighted by Gasteiger charge is -2.26. The summed E-state index contributed by atoms with van der Waals surface area (Å²) in [5, 5.41) is 2.66. The molecule has 0 saturated carbocycles. The van der Waals surface area contributed by atoms with E-state index in [0.29, 0.717) is 21.8 Å². The van der Waals surface area contributed by atoms with Gasteiger partial charge in [-0.25, -0.2) is 0 Å². The number of fused-ring (bicyclic) bond motifs is 4. The first-order valence-electron chi connectivity index (χ1n) is 12.9. The summed E-state index contributed by atoms with van der Waals surface area (Å²) in [5.74, 6) is 0. The van der Waals surface area contributed by atoms with Crippen molar-refractivity contribution in [2.24, 2.45) is 0 Å². The van der Waals surface area contributed by atoms with Gasteiger partial charge < -0.3 is 14.9 Å². The monoisotopic (exact) mass is 467 g/mol. The van der Waals surface area contributed by atoms with E-state index in [-0.39, 0.29) is 10.9 Å². The van der Waals surface area contributed by atoms with Crippen LogP contribution in [0.1, 0.15) is 52.0 Å². The molecule has 0 amide bonds. The largest absolute Gasteiger partial charge is 0.371 e. The summed E-state index contributed by atoms with van der Waals surface area (Å²) >= 11 is 0. The molecular weight excluding hydrogens is 434 g/mol. The molecule has 0 saturated heterocycles. The molecule has 0 atom stereocenters. The Morgan fingerprint density at radius 3 is 1.80 bits per heavy atom. The van der Waals surface area contributed by atoms with Gasteiger partial charge in [0.15, 0.2) is 10.9 Å². The fourth-order valence-corrected chi connectivity index (χ4v) is 5.21. The number of hydrogen-bond donors (Lipinski definition) is 2. The molecule has 5 aromatic rings. The zero-order valence-electron chi connectivity index (χ0n) is 20.8. The predicted octanol–water partition coefficient (Wildman–Crippen LogP) is 6.65. The molecule has 5 rings (SSSR count). The van der Waals surface area contributed by atoms with Crippen LogP contribution in [0.5, 0.6) is 0 Å². The number of aromatic amines is 2. The van der Waals surface area contributed by atoms with Crippen LogP contribution in [0.3, 0.4) is 0 Å². The SMILES string of the molecule is CCCCN(CCCC)c1cccc2[nH]c3cc4c(=O)c5c(CC)cccc5[nH]c4cc3c(=O)c12. The number of nitrogens with zero attached hydrogens (tertiary/aromatic N) is 1. The highest BCUT2D eigenvalue weighted by Crippen LogP contribution is 2.28. The number of unbranched alkanes of at least 4 members (excludes halogenated alkanes) is 2. The van der Waals surface area contributed by atoms with Crippen molar-refractivity contribution >= 4 is 49.3 Å². The van der Waals surface area contributed by atoms with Gasteiger partial charge in [-0.2, -0.15) is 0 Å². The zero-order chi connectivity index (χ0) is 24.5. The lowest BCUT2D eigenvalue weighted by molar-refractivity contribution is 0.679.